The minimum atomic E-state index is -0.986. The number of allylic oxidation sites excluding steroid dienone is 1. The molecule has 0 aliphatic carbocycles. The summed E-state index contributed by atoms with van der Waals surface area (Å²) < 4.78 is 0. The molecule has 1 rings (SSSR count). The van der Waals surface area contributed by atoms with E-state index in [1.165, 1.54) is 0 Å². The van der Waals surface area contributed by atoms with E-state index in [4.69, 9.17) is 5.11 Å². The summed E-state index contributed by atoms with van der Waals surface area (Å²) in [5, 5.41) is 11.5. The van der Waals surface area contributed by atoms with Crippen molar-refractivity contribution >= 4 is 5.97 Å². The molecular formula is C10H11NO2. The van der Waals surface area contributed by atoms with Crippen LogP contribution >= 0.6 is 0 Å². The van der Waals surface area contributed by atoms with Gasteiger partial charge in [-0.25, -0.2) is 4.79 Å². The molecule has 0 radical (unpaired) electrons. The average Bonchev–Trinajstić information content (AvgIpc) is 2.07. The van der Waals surface area contributed by atoms with Crippen molar-refractivity contribution in [1.82, 2.24) is 5.32 Å². The van der Waals surface area contributed by atoms with Gasteiger partial charge in [-0.3, -0.25) is 0 Å². The second-order valence-electron chi connectivity index (χ2n) is 2.88. The van der Waals surface area contributed by atoms with Gasteiger partial charge < -0.3 is 10.4 Å². The van der Waals surface area contributed by atoms with Gasteiger partial charge in [0.2, 0.25) is 0 Å². The molecule has 68 valence electrons. The maximum Gasteiger partial charge on any atom is 0.330 e. The molecule has 0 aromatic heterocycles. The Morgan fingerprint density at radius 3 is 2.23 bits per heavy atom. The van der Waals surface area contributed by atoms with Gasteiger partial charge in [0, 0.05) is 5.70 Å². The van der Waals surface area contributed by atoms with E-state index in [0.717, 1.165) is 0 Å². The van der Waals surface area contributed by atoms with Crippen LogP contribution < -0.4 is 5.32 Å². The van der Waals surface area contributed by atoms with Crippen LogP contribution in [0.3, 0.4) is 0 Å². The monoisotopic (exact) mass is 177 g/mol. The first-order valence-electron chi connectivity index (χ1n) is 3.71. The molecule has 1 heterocycles. The normalized spacial score (nSPS) is 22.9. The van der Waals surface area contributed by atoms with Crippen molar-refractivity contribution in [3.63, 3.8) is 0 Å². The highest BCUT2D eigenvalue weighted by atomic mass is 16.4. The number of aliphatic carboxylic acids is 1. The van der Waals surface area contributed by atoms with Gasteiger partial charge >= 0.3 is 5.97 Å². The second kappa shape index (κ2) is 2.94. The van der Waals surface area contributed by atoms with Gasteiger partial charge in [-0.1, -0.05) is 26.3 Å². The molecule has 1 aliphatic rings. The molecule has 13 heavy (non-hydrogen) atoms. The van der Waals surface area contributed by atoms with Crippen LogP contribution in [0.2, 0.25) is 0 Å². The third-order valence-corrected chi connectivity index (χ3v) is 2.03. The quantitative estimate of drug-likeness (QED) is 0.633. The van der Waals surface area contributed by atoms with E-state index >= 15 is 0 Å². The Morgan fingerprint density at radius 2 is 1.77 bits per heavy atom. The van der Waals surface area contributed by atoms with Crippen molar-refractivity contribution in [2.75, 3.05) is 0 Å². The molecule has 1 atom stereocenters. The van der Waals surface area contributed by atoms with Gasteiger partial charge in [-0.2, -0.15) is 0 Å². The molecule has 1 aliphatic heterocycles. The topological polar surface area (TPSA) is 49.3 Å². The number of carboxylic acid groups (broad SMARTS) is 1. The lowest BCUT2D eigenvalue weighted by molar-refractivity contribution is -0.138. The Bertz CT molecular complexity index is 339. The minimum Gasteiger partial charge on any atom is -0.479 e. The zero-order valence-electron chi connectivity index (χ0n) is 7.26. The highest BCUT2D eigenvalue weighted by molar-refractivity contribution is 5.82. The molecule has 3 nitrogen and oxygen atoms in total. The molecule has 0 aromatic rings. The molecule has 0 saturated carbocycles. The summed E-state index contributed by atoms with van der Waals surface area (Å²) in [7, 11) is 0. The van der Waals surface area contributed by atoms with Crippen molar-refractivity contribution in [1.29, 1.82) is 0 Å². The standard InChI is InChI=1S/C10H11NO2/c1-5-6(2)8(4)11-9(7(5)3)10(12)13/h9,11H,1-4H2,(H,12,13). The molecule has 3 heteroatoms. The van der Waals surface area contributed by atoms with Crippen molar-refractivity contribution in [2.24, 2.45) is 0 Å². The molecular weight excluding hydrogens is 166 g/mol. The van der Waals surface area contributed by atoms with E-state index in [-0.39, 0.29) is 0 Å². The smallest absolute Gasteiger partial charge is 0.330 e. The first kappa shape index (κ1) is 9.32. The van der Waals surface area contributed by atoms with Crippen LogP contribution in [0.1, 0.15) is 0 Å². The van der Waals surface area contributed by atoms with E-state index in [9.17, 15) is 4.79 Å². The van der Waals surface area contributed by atoms with Gasteiger partial charge in [0.1, 0.15) is 0 Å². The van der Waals surface area contributed by atoms with Crippen LogP contribution in [-0.2, 0) is 4.79 Å². The summed E-state index contributed by atoms with van der Waals surface area (Å²) in [5.41, 5.74) is 2.09. The van der Waals surface area contributed by atoms with Gasteiger partial charge in [0.05, 0.1) is 0 Å². The fraction of sp³-hybridized carbons (Fsp3) is 0.100. The van der Waals surface area contributed by atoms with Crippen molar-refractivity contribution < 1.29 is 9.90 Å². The number of nitrogens with one attached hydrogen (secondary N) is 1. The molecule has 0 spiro atoms. The summed E-state index contributed by atoms with van der Waals surface area (Å²) in [5.74, 6) is -0.986. The Balaban J connectivity index is 3.02. The third-order valence-electron chi connectivity index (χ3n) is 2.03. The number of hydrogen-bond acceptors (Lipinski definition) is 2. The van der Waals surface area contributed by atoms with E-state index in [1.54, 1.807) is 0 Å². The fourth-order valence-corrected chi connectivity index (χ4v) is 1.11. The lowest BCUT2D eigenvalue weighted by atomic mass is 9.90. The van der Waals surface area contributed by atoms with Crippen molar-refractivity contribution in [3.05, 3.63) is 48.7 Å². The summed E-state index contributed by atoms with van der Waals surface area (Å²) in [4.78, 5) is 10.7. The number of rotatable bonds is 1. The maximum absolute atomic E-state index is 10.7. The van der Waals surface area contributed by atoms with Crippen LogP contribution in [-0.4, -0.2) is 17.1 Å². The Morgan fingerprint density at radius 1 is 1.23 bits per heavy atom. The molecule has 2 N–H and O–H groups in total. The average molecular weight is 177 g/mol. The molecule has 1 saturated heterocycles. The minimum absolute atomic E-state index is 0.435. The summed E-state index contributed by atoms with van der Waals surface area (Å²) in [6.45, 7) is 14.7. The number of carbonyl (C=O) groups is 1. The second-order valence-corrected chi connectivity index (χ2v) is 2.88. The molecule has 1 unspecified atom stereocenters. The van der Waals surface area contributed by atoms with Crippen LogP contribution in [0.15, 0.2) is 48.7 Å². The van der Waals surface area contributed by atoms with E-state index in [2.05, 4.69) is 31.6 Å². The number of carboxylic acids is 1. The molecule has 0 aromatic carbocycles. The fourth-order valence-electron chi connectivity index (χ4n) is 1.11. The lowest BCUT2D eigenvalue weighted by Gasteiger charge is -2.28. The molecule has 1 fully saturated rings. The summed E-state index contributed by atoms with van der Waals surface area (Å²) in [6.07, 6.45) is 0. The molecule has 0 amide bonds. The first-order chi connectivity index (χ1) is 5.95. The van der Waals surface area contributed by atoms with Crippen LogP contribution in [0.25, 0.3) is 0 Å². The Kier molecular flexibility index (Phi) is 2.10. The van der Waals surface area contributed by atoms with Crippen LogP contribution in [0, 0.1) is 0 Å². The number of hydrogen-bond donors (Lipinski definition) is 2. The first-order valence-corrected chi connectivity index (χ1v) is 3.71. The van der Waals surface area contributed by atoms with E-state index < -0.39 is 12.0 Å². The number of piperidine rings is 1. The highest BCUT2D eigenvalue weighted by Crippen LogP contribution is 2.27. The van der Waals surface area contributed by atoms with Crippen molar-refractivity contribution in [3.8, 4) is 0 Å². The Hall–Kier alpha value is -1.77. The van der Waals surface area contributed by atoms with Crippen LogP contribution in [0.4, 0.5) is 0 Å². The van der Waals surface area contributed by atoms with Gasteiger partial charge in [0.15, 0.2) is 6.04 Å². The SMILES string of the molecule is C=C1NC(C(=O)O)C(=C)C(=C)C1=C. The highest BCUT2D eigenvalue weighted by Gasteiger charge is 2.29. The summed E-state index contributed by atoms with van der Waals surface area (Å²) in [6, 6.07) is -0.828. The predicted octanol–water partition coefficient (Wildman–Crippen LogP) is 1.23. The third kappa shape index (κ3) is 1.40. The molecule has 0 bridgehead atoms. The zero-order chi connectivity index (χ0) is 10.2. The van der Waals surface area contributed by atoms with Gasteiger partial charge in [-0.05, 0) is 16.7 Å². The van der Waals surface area contributed by atoms with Gasteiger partial charge in [-0.15, -0.1) is 0 Å². The largest absolute Gasteiger partial charge is 0.479 e. The maximum atomic E-state index is 10.7. The van der Waals surface area contributed by atoms with Gasteiger partial charge in [0.25, 0.3) is 0 Å². The lowest BCUT2D eigenvalue weighted by Crippen LogP contribution is -2.41. The van der Waals surface area contributed by atoms with E-state index in [0.29, 0.717) is 22.4 Å². The summed E-state index contributed by atoms with van der Waals surface area (Å²) >= 11 is 0. The Labute approximate surface area is 76.8 Å². The van der Waals surface area contributed by atoms with E-state index in [1.807, 2.05) is 0 Å². The predicted molar refractivity (Wildman–Crippen MR) is 51.1 cm³/mol. The van der Waals surface area contributed by atoms with Crippen molar-refractivity contribution in [2.45, 2.75) is 6.04 Å². The van der Waals surface area contributed by atoms with Crippen LogP contribution in [0.5, 0.6) is 0 Å². The zero-order valence-corrected chi connectivity index (χ0v) is 7.26.